The SMILES string of the molecule is O=C(O)CNc1ccc2c(c1)CCCO2. The van der Waals surface area contributed by atoms with Gasteiger partial charge in [-0.3, -0.25) is 4.79 Å². The van der Waals surface area contributed by atoms with Crippen LogP contribution in [0.15, 0.2) is 18.2 Å². The molecule has 80 valence electrons. The number of nitrogens with one attached hydrogen (secondary N) is 1. The molecule has 1 aliphatic heterocycles. The van der Waals surface area contributed by atoms with Gasteiger partial charge in [0.05, 0.1) is 6.61 Å². The second kappa shape index (κ2) is 4.21. The average Bonchev–Trinajstić information content (AvgIpc) is 2.26. The molecule has 1 aromatic rings. The fraction of sp³-hybridized carbons (Fsp3) is 0.364. The van der Waals surface area contributed by atoms with Crippen LogP contribution in [0.5, 0.6) is 5.75 Å². The van der Waals surface area contributed by atoms with Crippen molar-refractivity contribution in [1.29, 1.82) is 0 Å². The Bertz CT molecular complexity index is 376. The number of carboxylic acids is 1. The Balaban J connectivity index is 2.10. The van der Waals surface area contributed by atoms with E-state index in [4.69, 9.17) is 9.84 Å². The van der Waals surface area contributed by atoms with Gasteiger partial charge in [0.15, 0.2) is 0 Å². The van der Waals surface area contributed by atoms with Crippen LogP contribution < -0.4 is 10.1 Å². The molecule has 0 fully saturated rings. The summed E-state index contributed by atoms with van der Waals surface area (Å²) in [7, 11) is 0. The van der Waals surface area contributed by atoms with Crippen molar-refractivity contribution in [2.75, 3.05) is 18.5 Å². The van der Waals surface area contributed by atoms with Gasteiger partial charge in [0, 0.05) is 5.69 Å². The highest BCUT2D eigenvalue weighted by atomic mass is 16.5. The standard InChI is InChI=1S/C11H13NO3/c13-11(14)7-12-9-3-4-10-8(6-9)2-1-5-15-10/h3-4,6,12H,1-2,5,7H2,(H,13,14). The van der Waals surface area contributed by atoms with Gasteiger partial charge in [-0.25, -0.2) is 0 Å². The minimum Gasteiger partial charge on any atom is -0.493 e. The van der Waals surface area contributed by atoms with Gasteiger partial charge in [-0.05, 0) is 36.6 Å². The van der Waals surface area contributed by atoms with Crippen molar-refractivity contribution in [3.8, 4) is 5.75 Å². The highest BCUT2D eigenvalue weighted by Crippen LogP contribution is 2.27. The van der Waals surface area contributed by atoms with Gasteiger partial charge in [0.2, 0.25) is 0 Å². The molecular weight excluding hydrogens is 194 g/mol. The number of ether oxygens (including phenoxy) is 1. The van der Waals surface area contributed by atoms with Crippen LogP contribution in [-0.4, -0.2) is 24.2 Å². The van der Waals surface area contributed by atoms with Crippen molar-refractivity contribution < 1.29 is 14.6 Å². The van der Waals surface area contributed by atoms with Crippen LogP contribution >= 0.6 is 0 Å². The number of benzene rings is 1. The zero-order valence-electron chi connectivity index (χ0n) is 8.32. The Hall–Kier alpha value is -1.71. The van der Waals surface area contributed by atoms with Crippen molar-refractivity contribution in [3.63, 3.8) is 0 Å². The van der Waals surface area contributed by atoms with E-state index in [9.17, 15) is 4.79 Å². The molecule has 0 saturated carbocycles. The number of carboxylic acid groups (broad SMARTS) is 1. The van der Waals surface area contributed by atoms with Gasteiger partial charge < -0.3 is 15.2 Å². The topological polar surface area (TPSA) is 58.6 Å². The molecule has 2 rings (SSSR count). The highest BCUT2D eigenvalue weighted by Gasteiger charge is 2.10. The molecule has 0 saturated heterocycles. The normalized spacial score (nSPS) is 13.9. The molecule has 0 spiro atoms. The largest absolute Gasteiger partial charge is 0.493 e. The number of hydrogen-bond acceptors (Lipinski definition) is 3. The number of anilines is 1. The molecule has 0 atom stereocenters. The average molecular weight is 207 g/mol. The van der Waals surface area contributed by atoms with E-state index in [-0.39, 0.29) is 6.54 Å². The predicted octanol–water partition coefficient (Wildman–Crippen LogP) is 1.51. The lowest BCUT2D eigenvalue weighted by Crippen LogP contribution is -2.13. The van der Waals surface area contributed by atoms with Crippen LogP contribution in [0.3, 0.4) is 0 Å². The van der Waals surface area contributed by atoms with Crippen molar-refractivity contribution >= 4 is 11.7 Å². The first-order valence-electron chi connectivity index (χ1n) is 4.97. The highest BCUT2D eigenvalue weighted by molar-refractivity contribution is 5.73. The third-order valence-electron chi connectivity index (χ3n) is 2.35. The molecule has 0 radical (unpaired) electrons. The summed E-state index contributed by atoms with van der Waals surface area (Å²) in [5.74, 6) is 0.0612. The minimum atomic E-state index is -0.857. The fourth-order valence-corrected chi connectivity index (χ4v) is 1.65. The molecule has 1 aromatic carbocycles. The first kappa shape index (κ1) is 9.83. The van der Waals surface area contributed by atoms with E-state index in [0.29, 0.717) is 0 Å². The van der Waals surface area contributed by atoms with Crippen molar-refractivity contribution in [3.05, 3.63) is 23.8 Å². The van der Waals surface area contributed by atoms with Gasteiger partial charge in [-0.15, -0.1) is 0 Å². The lowest BCUT2D eigenvalue weighted by Gasteiger charge is -2.17. The van der Waals surface area contributed by atoms with Crippen molar-refractivity contribution in [1.82, 2.24) is 0 Å². The van der Waals surface area contributed by atoms with E-state index in [1.54, 1.807) is 0 Å². The molecule has 2 N–H and O–H groups in total. The van der Waals surface area contributed by atoms with Crippen LogP contribution in [0, 0.1) is 0 Å². The maximum atomic E-state index is 10.4. The second-order valence-corrected chi connectivity index (χ2v) is 3.52. The Morgan fingerprint density at radius 2 is 2.40 bits per heavy atom. The van der Waals surface area contributed by atoms with Gasteiger partial charge in [-0.2, -0.15) is 0 Å². The zero-order valence-corrected chi connectivity index (χ0v) is 8.32. The molecule has 4 nitrogen and oxygen atoms in total. The molecule has 4 heteroatoms. The minimum absolute atomic E-state index is 0.0559. The van der Waals surface area contributed by atoms with E-state index in [2.05, 4.69) is 5.32 Å². The summed E-state index contributed by atoms with van der Waals surface area (Å²) >= 11 is 0. The van der Waals surface area contributed by atoms with Crippen LogP contribution in [0.4, 0.5) is 5.69 Å². The van der Waals surface area contributed by atoms with E-state index < -0.39 is 5.97 Å². The summed E-state index contributed by atoms with van der Waals surface area (Å²) in [5, 5.41) is 11.4. The quantitative estimate of drug-likeness (QED) is 0.788. The molecule has 0 amide bonds. The van der Waals surface area contributed by atoms with Crippen LogP contribution in [0.2, 0.25) is 0 Å². The fourth-order valence-electron chi connectivity index (χ4n) is 1.65. The summed E-state index contributed by atoms with van der Waals surface area (Å²) in [6.07, 6.45) is 2.02. The number of rotatable bonds is 3. The van der Waals surface area contributed by atoms with Crippen LogP contribution in [-0.2, 0) is 11.2 Å². The molecule has 1 aliphatic rings. The summed E-state index contributed by atoms with van der Waals surface area (Å²) in [4.78, 5) is 10.4. The molecule has 15 heavy (non-hydrogen) atoms. The van der Waals surface area contributed by atoms with Gasteiger partial charge >= 0.3 is 5.97 Å². The number of carbonyl (C=O) groups is 1. The molecule has 0 aliphatic carbocycles. The Morgan fingerprint density at radius 1 is 1.53 bits per heavy atom. The Kier molecular flexibility index (Phi) is 2.76. The Morgan fingerprint density at radius 3 is 3.20 bits per heavy atom. The van der Waals surface area contributed by atoms with Gasteiger partial charge in [0.25, 0.3) is 0 Å². The number of aryl methyl sites for hydroxylation is 1. The number of aliphatic carboxylic acids is 1. The maximum absolute atomic E-state index is 10.4. The maximum Gasteiger partial charge on any atom is 0.322 e. The van der Waals surface area contributed by atoms with E-state index >= 15 is 0 Å². The first-order chi connectivity index (χ1) is 7.25. The van der Waals surface area contributed by atoms with E-state index in [1.807, 2.05) is 18.2 Å². The van der Waals surface area contributed by atoms with Crippen molar-refractivity contribution in [2.45, 2.75) is 12.8 Å². The van der Waals surface area contributed by atoms with Crippen LogP contribution in [0.1, 0.15) is 12.0 Å². The molecule has 1 heterocycles. The molecular formula is C11H13NO3. The third kappa shape index (κ3) is 2.40. The second-order valence-electron chi connectivity index (χ2n) is 3.52. The number of fused-ring (bicyclic) bond motifs is 1. The van der Waals surface area contributed by atoms with Gasteiger partial charge in [0.1, 0.15) is 12.3 Å². The first-order valence-corrected chi connectivity index (χ1v) is 4.97. The summed E-state index contributed by atoms with van der Waals surface area (Å²) in [6.45, 7) is 0.717. The smallest absolute Gasteiger partial charge is 0.322 e. The zero-order chi connectivity index (χ0) is 10.7. The van der Waals surface area contributed by atoms with Gasteiger partial charge in [-0.1, -0.05) is 0 Å². The number of hydrogen-bond donors (Lipinski definition) is 2. The third-order valence-corrected chi connectivity index (χ3v) is 2.35. The predicted molar refractivity (Wildman–Crippen MR) is 56.4 cm³/mol. The molecule has 0 bridgehead atoms. The molecule has 0 aromatic heterocycles. The molecule has 0 unspecified atom stereocenters. The summed E-state index contributed by atoms with van der Waals surface area (Å²) < 4.78 is 5.46. The lowest BCUT2D eigenvalue weighted by atomic mass is 10.1. The monoisotopic (exact) mass is 207 g/mol. The van der Waals surface area contributed by atoms with Crippen LogP contribution in [0.25, 0.3) is 0 Å². The summed E-state index contributed by atoms with van der Waals surface area (Å²) in [6, 6.07) is 5.68. The Labute approximate surface area is 87.9 Å². The van der Waals surface area contributed by atoms with Crippen molar-refractivity contribution in [2.24, 2.45) is 0 Å². The van der Waals surface area contributed by atoms with E-state index in [1.165, 1.54) is 0 Å². The lowest BCUT2D eigenvalue weighted by molar-refractivity contribution is -0.134. The summed E-state index contributed by atoms with van der Waals surface area (Å²) in [5.41, 5.74) is 1.98. The van der Waals surface area contributed by atoms with E-state index in [0.717, 1.165) is 36.4 Å².